The van der Waals surface area contributed by atoms with Crippen LogP contribution in [0.15, 0.2) is 35.9 Å². The molecule has 0 saturated heterocycles. The molecule has 4 nitrogen and oxygen atoms in total. The van der Waals surface area contributed by atoms with E-state index < -0.39 is 0 Å². The topological polar surface area (TPSA) is 55.8 Å². The third-order valence-corrected chi connectivity index (χ3v) is 12.9. The number of hydrogen-bond acceptors (Lipinski definition) is 4. The van der Waals surface area contributed by atoms with Crippen molar-refractivity contribution >= 4 is 12.0 Å². The van der Waals surface area contributed by atoms with E-state index in [1.807, 2.05) is 0 Å². The Hall–Kier alpha value is -2.23. The maximum absolute atomic E-state index is 12.7. The van der Waals surface area contributed by atoms with Crippen molar-refractivity contribution in [3.05, 3.63) is 41.5 Å². The summed E-state index contributed by atoms with van der Waals surface area (Å²) >= 11 is 0. The molecule has 0 amide bonds. The molecule has 0 radical (unpaired) electrons. The number of carbonyl (C=O) groups is 1. The Kier molecular flexibility index (Phi) is 9.22. The van der Waals surface area contributed by atoms with Crippen LogP contribution in [0.5, 0.6) is 11.5 Å². The average molecular weight is 577 g/mol. The van der Waals surface area contributed by atoms with Gasteiger partial charge < -0.3 is 14.6 Å². The lowest BCUT2D eigenvalue weighted by molar-refractivity contribution is -0.145. The predicted octanol–water partition coefficient (Wildman–Crippen LogP) is 9.61. The zero-order valence-electron chi connectivity index (χ0n) is 27.3. The first-order chi connectivity index (χ1) is 20.0. The van der Waals surface area contributed by atoms with Gasteiger partial charge in [0, 0.05) is 12.5 Å². The highest BCUT2D eigenvalue weighted by Crippen LogP contribution is 2.67. The number of fused-ring (bicyclic) bond motifs is 5. The van der Waals surface area contributed by atoms with Gasteiger partial charge in [-0.25, -0.2) is 4.79 Å². The second kappa shape index (κ2) is 12.4. The molecule has 0 aliphatic heterocycles. The highest BCUT2D eigenvalue weighted by atomic mass is 16.5. The fraction of sp³-hybridized carbons (Fsp3) is 0.711. The Morgan fingerprint density at radius 2 is 1.83 bits per heavy atom. The van der Waals surface area contributed by atoms with Crippen LogP contribution in [0.2, 0.25) is 0 Å². The van der Waals surface area contributed by atoms with Crippen molar-refractivity contribution in [2.24, 2.45) is 52.3 Å². The van der Waals surface area contributed by atoms with E-state index in [4.69, 9.17) is 9.47 Å². The molecule has 5 rings (SSSR count). The molecule has 0 bridgehead atoms. The van der Waals surface area contributed by atoms with E-state index in [9.17, 15) is 9.90 Å². The highest BCUT2D eigenvalue weighted by Gasteiger charge is 2.59. The molecule has 232 valence electrons. The van der Waals surface area contributed by atoms with Gasteiger partial charge in [0.2, 0.25) is 0 Å². The van der Waals surface area contributed by atoms with Crippen LogP contribution in [0.25, 0.3) is 6.08 Å². The second-order valence-electron chi connectivity index (χ2n) is 15.3. The standard InChI is InChI=1S/C38H56O4/c1-24(2)25(3)8-9-26(4)31-14-15-32-30-13-12-28-23-29(18-20-37(28,5)33(30)19-21-38(31,32)6)42-36(40)17-11-27-10-16-34(39)35(22-27)41-7/h10-12,16-17,22,24-26,29-33,39H,8-9,13-15,18-21,23H2,1-7H3/b17-11+/t25-,26-,29+,30+,31-,32+,33+,37+,38-/m1/s1. The minimum atomic E-state index is -0.299. The lowest BCUT2D eigenvalue weighted by Crippen LogP contribution is -2.51. The number of allylic oxidation sites excluding steroid dienone is 1. The molecule has 1 N–H and O–H groups in total. The van der Waals surface area contributed by atoms with Crippen molar-refractivity contribution in [2.75, 3.05) is 7.11 Å². The largest absolute Gasteiger partial charge is 0.504 e. The molecular formula is C38H56O4. The number of methoxy groups -OCH3 is 1. The molecule has 4 heteroatoms. The van der Waals surface area contributed by atoms with Crippen LogP contribution < -0.4 is 4.74 Å². The van der Waals surface area contributed by atoms with E-state index in [2.05, 4.69) is 47.6 Å². The van der Waals surface area contributed by atoms with Crippen molar-refractivity contribution in [2.45, 2.75) is 112 Å². The molecule has 1 aromatic rings. The lowest BCUT2D eigenvalue weighted by Gasteiger charge is -2.58. The molecule has 0 unspecified atom stereocenters. The van der Waals surface area contributed by atoms with Crippen molar-refractivity contribution in [1.82, 2.24) is 0 Å². The van der Waals surface area contributed by atoms with Crippen LogP contribution in [-0.4, -0.2) is 24.3 Å². The number of aromatic hydroxyl groups is 1. The number of esters is 1. The van der Waals surface area contributed by atoms with Gasteiger partial charge in [0.05, 0.1) is 7.11 Å². The van der Waals surface area contributed by atoms with Gasteiger partial charge >= 0.3 is 5.97 Å². The summed E-state index contributed by atoms with van der Waals surface area (Å²) in [5, 5.41) is 9.81. The molecule has 42 heavy (non-hydrogen) atoms. The third kappa shape index (κ3) is 5.93. The van der Waals surface area contributed by atoms with Crippen LogP contribution in [-0.2, 0) is 9.53 Å². The van der Waals surface area contributed by atoms with Crippen molar-refractivity contribution in [1.29, 1.82) is 0 Å². The molecule has 4 aliphatic carbocycles. The van der Waals surface area contributed by atoms with Crippen LogP contribution in [0.4, 0.5) is 0 Å². The molecule has 0 aromatic heterocycles. The van der Waals surface area contributed by atoms with Crippen molar-refractivity contribution < 1.29 is 19.4 Å². The number of rotatable bonds is 9. The van der Waals surface area contributed by atoms with E-state index in [-0.39, 0.29) is 23.2 Å². The Morgan fingerprint density at radius 1 is 1.05 bits per heavy atom. The molecule has 0 heterocycles. The summed E-state index contributed by atoms with van der Waals surface area (Å²) < 4.78 is 11.1. The second-order valence-corrected chi connectivity index (χ2v) is 15.3. The Balaban J connectivity index is 1.21. The summed E-state index contributed by atoms with van der Waals surface area (Å²) in [6.07, 6.45) is 18.3. The van der Waals surface area contributed by atoms with Gasteiger partial charge in [-0.1, -0.05) is 72.1 Å². The number of ether oxygens (including phenoxy) is 2. The molecule has 0 spiro atoms. The van der Waals surface area contributed by atoms with Crippen LogP contribution in [0.1, 0.15) is 111 Å². The first kappa shape index (κ1) is 31.2. The molecular weight excluding hydrogens is 520 g/mol. The summed E-state index contributed by atoms with van der Waals surface area (Å²) in [7, 11) is 1.52. The fourth-order valence-corrected chi connectivity index (χ4v) is 9.93. The summed E-state index contributed by atoms with van der Waals surface area (Å²) in [5.41, 5.74) is 3.09. The number of hydrogen-bond donors (Lipinski definition) is 1. The van der Waals surface area contributed by atoms with Gasteiger partial charge in [-0.3, -0.25) is 0 Å². The number of phenols is 1. The van der Waals surface area contributed by atoms with Crippen LogP contribution in [0.3, 0.4) is 0 Å². The van der Waals surface area contributed by atoms with Gasteiger partial charge in [0.25, 0.3) is 0 Å². The van der Waals surface area contributed by atoms with Crippen LogP contribution in [0, 0.1) is 52.3 Å². The Bertz CT molecular complexity index is 1180. The fourth-order valence-electron chi connectivity index (χ4n) is 9.93. The maximum atomic E-state index is 12.7. The smallest absolute Gasteiger partial charge is 0.331 e. The van der Waals surface area contributed by atoms with Gasteiger partial charge in [-0.2, -0.15) is 0 Å². The zero-order valence-corrected chi connectivity index (χ0v) is 27.3. The predicted molar refractivity (Wildman–Crippen MR) is 171 cm³/mol. The van der Waals surface area contributed by atoms with Crippen LogP contribution >= 0.6 is 0 Å². The molecule has 4 aliphatic rings. The van der Waals surface area contributed by atoms with Gasteiger partial charge in [0.15, 0.2) is 11.5 Å². The Labute approximate surface area is 255 Å². The number of carbonyl (C=O) groups excluding carboxylic acids is 1. The zero-order chi connectivity index (χ0) is 30.2. The monoisotopic (exact) mass is 576 g/mol. The van der Waals surface area contributed by atoms with E-state index in [0.29, 0.717) is 11.2 Å². The Morgan fingerprint density at radius 3 is 2.57 bits per heavy atom. The van der Waals surface area contributed by atoms with Gasteiger partial charge in [-0.05, 0) is 121 Å². The first-order valence-corrected chi connectivity index (χ1v) is 16.9. The molecule has 9 atom stereocenters. The van der Waals surface area contributed by atoms with Crippen molar-refractivity contribution in [3.63, 3.8) is 0 Å². The van der Waals surface area contributed by atoms with Gasteiger partial charge in [-0.15, -0.1) is 0 Å². The molecule has 3 fully saturated rings. The minimum absolute atomic E-state index is 0.0498. The van der Waals surface area contributed by atoms with E-state index in [1.165, 1.54) is 58.1 Å². The number of phenolic OH excluding ortho intramolecular Hbond substituents is 1. The normalized spacial score (nSPS) is 35.6. The highest BCUT2D eigenvalue weighted by molar-refractivity contribution is 5.87. The summed E-state index contributed by atoms with van der Waals surface area (Å²) in [6.45, 7) is 15.0. The molecule has 3 saturated carbocycles. The van der Waals surface area contributed by atoms with E-state index >= 15 is 0 Å². The van der Waals surface area contributed by atoms with E-state index in [1.54, 1.807) is 29.8 Å². The quantitative estimate of drug-likeness (QED) is 0.181. The summed E-state index contributed by atoms with van der Waals surface area (Å²) in [6, 6.07) is 5.04. The maximum Gasteiger partial charge on any atom is 0.331 e. The minimum Gasteiger partial charge on any atom is -0.504 e. The third-order valence-electron chi connectivity index (χ3n) is 12.9. The average Bonchev–Trinajstić information content (AvgIpc) is 3.32. The lowest BCUT2D eigenvalue weighted by atomic mass is 9.47. The summed E-state index contributed by atoms with van der Waals surface area (Å²) in [5.74, 6) is 5.94. The SMILES string of the molecule is COc1cc(/C=C/C(=O)O[C@H]2CC[C@@]3(C)C(=CC[C@H]4[C@@H]5CC[C@H]([C@H](C)CC[C@@H](C)C(C)C)[C@@]5(C)CC[C@@H]43)C2)ccc1O. The van der Waals surface area contributed by atoms with Crippen molar-refractivity contribution in [3.8, 4) is 11.5 Å². The van der Waals surface area contributed by atoms with E-state index in [0.717, 1.165) is 66.3 Å². The first-order valence-electron chi connectivity index (χ1n) is 16.9. The number of benzene rings is 1. The molecule has 1 aromatic carbocycles. The van der Waals surface area contributed by atoms with Gasteiger partial charge in [0.1, 0.15) is 6.10 Å². The summed E-state index contributed by atoms with van der Waals surface area (Å²) in [4.78, 5) is 12.7.